The lowest BCUT2D eigenvalue weighted by molar-refractivity contribution is -0.900. The number of hydrogen-bond acceptors (Lipinski definition) is 11. The molecule has 74 heavy (non-hydrogen) atoms. The molecule has 0 radical (unpaired) electrons. The lowest BCUT2D eigenvalue weighted by Crippen LogP contribution is -2.52. The molecule has 0 aliphatic carbocycles. The van der Waals surface area contributed by atoms with E-state index in [1.54, 1.807) is 41.5 Å². The van der Waals surface area contributed by atoms with Gasteiger partial charge in [-0.15, -0.1) is 0 Å². The van der Waals surface area contributed by atoms with Crippen molar-refractivity contribution in [2.45, 2.75) is 39.5 Å². The molecule has 1 saturated heterocycles. The molecular formula is C58H50N11O5+. The Balaban J connectivity index is 0.700. The van der Waals surface area contributed by atoms with Gasteiger partial charge in [0.15, 0.2) is 0 Å². The monoisotopic (exact) mass is 980 g/mol. The third kappa shape index (κ3) is 8.94. The van der Waals surface area contributed by atoms with Crippen LogP contribution >= 0.6 is 0 Å². The van der Waals surface area contributed by atoms with Crippen molar-refractivity contribution in [3.8, 4) is 67.9 Å². The summed E-state index contributed by atoms with van der Waals surface area (Å²) < 4.78 is 20.5. The number of hydrogen-bond donors (Lipinski definition) is 0. The summed E-state index contributed by atoms with van der Waals surface area (Å²) in [6, 6.07) is 31.3. The summed E-state index contributed by atoms with van der Waals surface area (Å²) in [5.41, 5.74) is 14.5. The van der Waals surface area contributed by atoms with Gasteiger partial charge in [0, 0.05) is 85.6 Å². The molecule has 9 aromatic heterocycles. The number of fused-ring (bicyclic) bond motifs is 3. The topological polar surface area (TPSA) is 152 Å². The predicted molar refractivity (Wildman–Crippen MR) is 279 cm³/mol. The van der Waals surface area contributed by atoms with E-state index in [4.69, 9.17) is 34.2 Å². The van der Waals surface area contributed by atoms with Crippen LogP contribution in [0.15, 0.2) is 158 Å². The number of nitrogens with zero attached hydrogens (tertiary/aromatic N) is 11. The average Bonchev–Trinajstić information content (AvgIpc) is 4.16. The van der Waals surface area contributed by atoms with Crippen LogP contribution in [0.3, 0.4) is 0 Å². The van der Waals surface area contributed by atoms with E-state index in [0.717, 1.165) is 110 Å². The fraction of sp³-hybridized carbons (Fsp3) is 0.207. The van der Waals surface area contributed by atoms with Crippen molar-refractivity contribution in [3.05, 3.63) is 186 Å². The maximum absolute atomic E-state index is 12.2. The maximum Gasteiger partial charge on any atom is 0.338 e. The summed E-state index contributed by atoms with van der Waals surface area (Å²) in [5, 5.41) is 4.63. The van der Waals surface area contributed by atoms with Gasteiger partial charge in [0.05, 0.1) is 83.8 Å². The van der Waals surface area contributed by atoms with Crippen LogP contribution in [-0.4, -0.2) is 81.5 Å². The van der Waals surface area contributed by atoms with Crippen molar-refractivity contribution in [3.63, 3.8) is 0 Å². The molecule has 1 fully saturated rings. The van der Waals surface area contributed by atoms with Gasteiger partial charge < -0.3 is 27.9 Å². The fourth-order valence-electron chi connectivity index (χ4n) is 9.73. The summed E-state index contributed by atoms with van der Waals surface area (Å²) in [6.07, 6.45) is 17.7. The number of rotatable bonds is 10. The van der Waals surface area contributed by atoms with Gasteiger partial charge in [-0.1, -0.05) is 24.1 Å². The zero-order valence-electron chi connectivity index (χ0n) is 41.0. The SMILES string of the molecule is CCOC(=O)c1ccc(-c2cnc3n2CCN(c2ccc(-c4cc(-c5ccc6nc(C#CC7CCOCC7O[n+]7ccc(-c8cnn9cc(-c%10ccc(=O)n(C)c%10)ccc89)cc7)c(C)n6c5)ccn4)nc2)C3)cc1. The van der Waals surface area contributed by atoms with Crippen LogP contribution < -0.4 is 20.0 Å². The second kappa shape index (κ2) is 19.4. The molecule has 0 saturated carbocycles. The first-order valence-corrected chi connectivity index (χ1v) is 24.6. The molecular weight excluding hydrogens is 931 g/mol. The Kier molecular flexibility index (Phi) is 12.1. The number of esters is 1. The van der Waals surface area contributed by atoms with Crippen LogP contribution in [0.1, 0.15) is 40.9 Å². The second-order valence-corrected chi connectivity index (χ2v) is 18.5. The van der Waals surface area contributed by atoms with Crippen LogP contribution in [0.4, 0.5) is 5.69 Å². The Morgan fingerprint density at radius 1 is 0.811 bits per heavy atom. The van der Waals surface area contributed by atoms with Gasteiger partial charge in [-0.3, -0.25) is 19.6 Å². The number of ether oxygens (including phenoxy) is 2. The standard InChI is InChI=1S/C58H50N11O5/c1-4-73-58(71)42-7-5-40(6-8-42)53-32-61-56-36-65(26-27-67(53)56)47-13-15-50(60-30-47)51-29-43(19-23-59-51)45-11-17-55-63-49(38(2)68(55)34-45)14-9-41-22-28-72-37-54(41)74-66-24-20-39(21-25-66)48-31-62-69-35-46(10-16-52(48)69)44-12-18-57(70)64(3)33-44/h5-8,10-13,15-21,23-25,29-35,41,54H,4,22,26-28,36-37H2,1-3H3/q+1. The molecule has 2 aliphatic heterocycles. The highest BCUT2D eigenvalue weighted by Crippen LogP contribution is 2.31. The van der Waals surface area contributed by atoms with E-state index in [9.17, 15) is 9.59 Å². The zero-order chi connectivity index (χ0) is 50.3. The number of imidazole rings is 2. The van der Waals surface area contributed by atoms with E-state index < -0.39 is 0 Å². The first-order chi connectivity index (χ1) is 36.2. The molecule has 1 aromatic carbocycles. The Morgan fingerprint density at radius 3 is 2.45 bits per heavy atom. The van der Waals surface area contributed by atoms with Gasteiger partial charge in [0.2, 0.25) is 24.1 Å². The minimum absolute atomic E-state index is 0.0503. The predicted octanol–water partition coefficient (Wildman–Crippen LogP) is 7.68. The fourth-order valence-corrected chi connectivity index (χ4v) is 9.73. The van der Waals surface area contributed by atoms with Gasteiger partial charge in [-0.25, -0.2) is 19.3 Å². The number of carbonyl (C=O) groups excluding carboxylic acids is 1. The van der Waals surface area contributed by atoms with Crippen molar-refractivity contribution in [2.75, 3.05) is 31.3 Å². The van der Waals surface area contributed by atoms with Crippen molar-refractivity contribution >= 4 is 22.8 Å². The van der Waals surface area contributed by atoms with Gasteiger partial charge >= 0.3 is 5.97 Å². The van der Waals surface area contributed by atoms with Gasteiger partial charge in [0.25, 0.3) is 0 Å². The molecule has 16 heteroatoms. The quantitative estimate of drug-likeness (QED) is 0.0754. The van der Waals surface area contributed by atoms with Crippen molar-refractivity contribution in [2.24, 2.45) is 13.0 Å². The first-order valence-electron chi connectivity index (χ1n) is 24.6. The Labute approximate surface area is 425 Å². The van der Waals surface area contributed by atoms with E-state index in [-0.39, 0.29) is 23.6 Å². The number of benzene rings is 1. The van der Waals surface area contributed by atoms with Crippen molar-refractivity contribution in [1.29, 1.82) is 0 Å². The lowest BCUT2D eigenvalue weighted by atomic mass is 9.98. The third-order valence-corrected chi connectivity index (χ3v) is 13.9. The van der Waals surface area contributed by atoms with Crippen LogP contribution in [0, 0.1) is 24.7 Å². The molecule has 0 amide bonds. The Morgan fingerprint density at radius 2 is 1.62 bits per heavy atom. The van der Waals surface area contributed by atoms with Gasteiger partial charge in [-0.05, 0) is 115 Å². The molecule has 0 spiro atoms. The number of carbonyl (C=O) groups is 1. The van der Waals surface area contributed by atoms with Crippen LogP contribution in [0.25, 0.3) is 67.2 Å². The number of aryl methyl sites for hydroxylation is 2. The van der Waals surface area contributed by atoms with E-state index in [1.165, 1.54) is 0 Å². The number of aromatic nitrogens is 10. The normalized spacial score (nSPS) is 15.4. The average molecular weight is 981 g/mol. The summed E-state index contributed by atoms with van der Waals surface area (Å²) in [4.78, 5) is 52.1. The van der Waals surface area contributed by atoms with Crippen LogP contribution in [0.5, 0.6) is 0 Å². The summed E-state index contributed by atoms with van der Waals surface area (Å²) in [6.45, 7) is 7.44. The van der Waals surface area contributed by atoms with Gasteiger partial charge in [0.1, 0.15) is 17.2 Å². The lowest BCUT2D eigenvalue weighted by Gasteiger charge is -2.30. The highest BCUT2D eigenvalue weighted by molar-refractivity contribution is 5.90. The minimum atomic E-state index is -0.319. The Bertz CT molecular complexity index is 3860. The highest BCUT2D eigenvalue weighted by Gasteiger charge is 2.30. The van der Waals surface area contributed by atoms with E-state index >= 15 is 0 Å². The van der Waals surface area contributed by atoms with Crippen molar-refractivity contribution < 1.29 is 23.8 Å². The van der Waals surface area contributed by atoms with E-state index in [0.29, 0.717) is 31.9 Å². The summed E-state index contributed by atoms with van der Waals surface area (Å²) in [5.74, 6) is 7.48. The third-order valence-electron chi connectivity index (χ3n) is 13.9. The molecule has 16 nitrogen and oxygen atoms in total. The molecule has 366 valence electrons. The smallest absolute Gasteiger partial charge is 0.338 e. The molecule has 2 atom stereocenters. The molecule has 2 unspecified atom stereocenters. The zero-order valence-corrected chi connectivity index (χ0v) is 41.0. The largest absolute Gasteiger partial charge is 0.462 e. The molecule has 10 aromatic rings. The molecule has 12 rings (SSSR count). The van der Waals surface area contributed by atoms with Crippen LogP contribution in [0.2, 0.25) is 0 Å². The van der Waals surface area contributed by atoms with Gasteiger partial charge in [-0.2, -0.15) is 5.10 Å². The minimum Gasteiger partial charge on any atom is -0.462 e. The first kappa shape index (κ1) is 45.9. The second-order valence-electron chi connectivity index (χ2n) is 18.5. The molecule has 0 N–H and O–H groups in total. The van der Waals surface area contributed by atoms with Crippen molar-refractivity contribution in [1.82, 2.24) is 43.1 Å². The molecule has 11 heterocycles. The number of pyridine rings is 6. The van der Waals surface area contributed by atoms with E-state index in [2.05, 4.69) is 55.2 Å². The highest BCUT2D eigenvalue weighted by atomic mass is 16.7. The molecule has 0 bridgehead atoms. The number of anilines is 1. The Hall–Kier alpha value is -9.20. The summed E-state index contributed by atoms with van der Waals surface area (Å²) in [7, 11) is 1.75. The van der Waals surface area contributed by atoms with E-state index in [1.807, 2.05) is 122 Å². The molecule has 2 aliphatic rings. The maximum atomic E-state index is 12.2. The summed E-state index contributed by atoms with van der Waals surface area (Å²) >= 11 is 0. The van der Waals surface area contributed by atoms with Crippen LogP contribution in [-0.2, 0) is 29.6 Å².